The fourth-order valence-corrected chi connectivity index (χ4v) is 1.43. The second-order valence-electron chi connectivity index (χ2n) is 2.84. The lowest BCUT2D eigenvalue weighted by Gasteiger charge is -2.15. The number of hydrogen-bond acceptors (Lipinski definition) is 2. The molecule has 72 valence electrons. The molecule has 0 unspecified atom stereocenters. The van der Waals surface area contributed by atoms with Crippen LogP contribution in [0.3, 0.4) is 0 Å². The first kappa shape index (κ1) is 10.5. The number of ether oxygens (including phenoxy) is 1. The average Bonchev–Trinajstić information content (AvgIpc) is 2.14. The third-order valence-corrected chi connectivity index (χ3v) is 2.13. The number of halogens is 1. The van der Waals surface area contributed by atoms with Gasteiger partial charge in [0.05, 0.1) is 6.10 Å². The highest BCUT2D eigenvalue weighted by Gasteiger charge is 2.08. The number of rotatable bonds is 4. The van der Waals surface area contributed by atoms with Gasteiger partial charge in [0.1, 0.15) is 0 Å². The van der Waals surface area contributed by atoms with Crippen LogP contribution < -0.4 is 5.32 Å². The lowest BCUT2D eigenvalue weighted by molar-refractivity contribution is 0.104. The second kappa shape index (κ2) is 5.22. The molecule has 0 aromatic heterocycles. The minimum atomic E-state index is 0.0729. The number of likely N-dealkylation sites (N-methyl/N-ethyl adjacent to an activating group) is 1. The molecule has 13 heavy (non-hydrogen) atoms. The SMILES string of the molecule is CNC[C@@H](OC)c1cccc(Cl)c1. The smallest absolute Gasteiger partial charge is 0.0945 e. The Morgan fingerprint density at radius 2 is 2.31 bits per heavy atom. The lowest BCUT2D eigenvalue weighted by Crippen LogP contribution is -2.18. The first-order chi connectivity index (χ1) is 6.27. The Morgan fingerprint density at radius 1 is 1.54 bits per heavy atom. The van der Waals surface area contributed by atoms with E-state index in [1.165, 1.54) is 0 Å². The Labute approximate surface area is 83.9 Å². The monoisotopic (exact) mass is 199 g/mol. The highest BCUT2D eigenvalue weighted by atomic mass is 35.5. The lowest BCUT2D eigenvalue weighted by atomic mass is 10.1. The van der Waals surface area contributed by atoms with Gasteiger partial charge in [0.15, 0.2) is 0 Å². The molecule has 0 spiro atoms. The van der Waals surface area contributed by atoms with Crippen molar-refractivity contribution >= 4 is 11.6 Å². The van der Waals surface area contributed by atoms with E-state index in [9.17, 15) is 0 Å². The van der Waals surface area contributed by atoms with E-state index in [1.54, 1.807) is 7.11 Å². The van der Waals surface area contributed by atoms with Crippen molar-refractivity contribution in [3.05, 3.63) is 34.9 Å². The van der Waals surface area contributed by atoms with Crippen LogP contribution in [0.4, 0.5) is 0 Å². The van der Waals surface area contributed by atoms with Crippen LogP contribution in [0, 0.1) is 0 Å². The maximum Gasteiger partial charge on any atom is 0.0945 e. The van der Waals surface area contributed by atoms with Crippen LogP contribution in [0.2, 0.25) is 5.02 Å². The molecule has 1 rings (SSSR count). The van der Waals surface area contributed by atoms with Crippen molar-refractivity contribution in [2.45, 2.75) is 6.10 Å². The van der Waals surface area contributed by atoms with E-state index < -0.39 is 0 Å². The second-order valence-corrected chi connectivity index (χ2v) is 3.27. The van der Waals surface area contributed by atoms with E-state index in [0.717, 1.165) is 17.1 Å². The van der Waals surface area contributed by atoms with Crippen molar-refractivity contribution in [1.82, 2.24) is 5.32 Å². The van der Waals surface area contributed by atoms with E-state index in [4.69, 9.17) is 16.3 Å². The molecule has 1 atom stereocenters. The first-order valence-corrected chi connectivity index (χ1v) is 4.58. The molecule has 0 aliphatic rings. The molecule has 0 radical (unpaired) electrons. The summed E-state index contributed by atoms with van der Waals surface area (Å²) in [5.74, 6) is 0. The molecule has 0 bridgehead atoms. The van der Waals surface area contributed by atoms with Crippen LogP contribution in [-0.2, 0) is 4.74 Å². The number of benzene rings is 1. The van der Waals surface area contributed by atoms with Gasteiger partial charge >= 0.3 is 0 Å². The summed E-state index contributed by atoms with van der Waals surface area (Å²) < 4.78 is 5.31. The summed E-state index contributed by atoms with van der Waals surface area (Å²) in [4.78, 5) is 0. The summed E-state index contributed by atoms with van der Waals surface area (Å²) >= 11 is 5.87. The van der Waals surface area contributed by atoms with Gasteiger partial charge < -0.3 is 10.1 Å². The highest BCUT2D eigenvalue weighted by Crippen LogP contribution is 2.19. The van der Waals surface area contributed by atoms with Crippen molar-refractivity contribution < 1.29 is 4.74 Å². The summed E-state index contributed by atoms with van der Waals surface area (Å²) in [6.07, 6.45) is 0.0729. The molecule has 0 saturated heterocycles. The molecule has 0 fully saturated rings. The Hall–Kier alpha value is -0.570. The average molecular weight is 200 g/mol. The Bertz CT molecular complexity index is 265. The Balaban J connectivity index is 2.78. The van der Waals surface area contributed by atoms with E-state index >= 15 is 0 Å². The topological polar surface area (TPSA) is 21.3 Å². The van der Waals surface area contributed by atoms with E-state index in [0.29, 0.717) is 0 Å². The van der Waals surface area contributed by atoms with Crippen LogP contribution in [0.25, 0.3) is 0 Å². The third kappa shape index (κ3) is 2.99. The standard InChI is InChI=1S/C10H14ClNO/c1-12-7-10(13-2)8-4-3-5-9(11)6-8/h3-6,10,12H,7H2,1-2H3/t10-/m1/s1. The van der Waals surface area contributed by atoms with Gasteiger partial charge in [-0.3, -0.25) is 0 Å². The van der Waals surface area contributed by atoms with Crippen molar-refractivity contribution in [3.63, 3.8) is 0 Å². The molecule has 1 aromatic carbocycles. The molecule has 1 aromatic rings. The third-order valence-electron chi connectivity index (χ3n) is 1.89. The van der Waals surface area contributed by atoms with Crippen LogP contribution in [0.15, 0.2) is 24.3 Å². The van der Waals surface area contributed by atoms with Gasteiger partial charge in [-0.15, -0.1) is 0 Å². The normalized spacial score (nSPS) is 12.8. The Kier molecular flexibility index (Phi) is 4.22. The van der Waals surface area contributed by atoms with Gasteiger partial charge in [-0.05, 0) is 24.7 Å². The summed E-state index contributed by atoms with van der Waals surface area (Å²) in [5.41, 5.74) is 1.10. The molecule has 0 aliphatic carbocycles. The molecule has 3 heteroatoms. The van der Waals surface area contributed by atoms with Crippen LogP contribution in [-0.4, -0.2) is 20.7 Å². The maximum absolute atomic E-state index is 5.87. The number of hydrogen-bond donors (Lipinski definition) is 1. The molecule has 1 N–H and O–H groups in total. The van der Waals surface area contributed by atoms with E-state index in [2.05, 4.69) is 5.32 Å². The molecule has 0 heterocycles. The highest BCUT2D eigenvalue weighted by molar-refractivity contribution is 6.30. The fourth-order valence-electron chi connectivity index (χ4n) is 1.23. The van der Waals surface area contributed by atoms with Crippen LogP contribution in [0.5, 0.6) is 0 Å². The number of nitrogens with one attached hydrogen (secondary N) is 1. The number of methoxy groups -OCH3 is 1. The molecule has 0 aliphatic heterocycles. The van der Waals surface area contributed by atoms with Crippen molar-refractivity contribution in [1.29, 1.82) is 0 Å². The molecule has 0 saturated carbocycles. The minimum Gasteiger partial charge on any atom is -0.375 e. The zero-order chi connectivity index (χ0) is 9.68. The molecule has 2 nitrogen and oxygen atoms in total. The van der Waals surface area contributed by atoms with Gasteiger partial charge in [0, 0.05) is 18.7 Å². The van der Waals surface area contributed by atoms with Crippen molar-refractivity contribution in [3.8, 4) is 0 Å². The zero-order valence-electron chi connectivity index (χ0n) is 7.88. The molecule has 0 amide bonds. The minimum absolute atomic E-state index is 0.0729. The van der Waals surface area contributed by atoms with Crippen molar-refractivity contribution in [2.75, 3.05) is 20.7 Å². The predicted octanol–water partition coefficient (Wildman–Crippen LogP) is 2.25. The fraction of sp³-hybridized carbons (Fsp3) is 0.400. The summed E-state index contributed by atoms with van der Waals surface area (Å²) in [6, 6.07) is 7.72. The van der Waals surface area contributed by atoms with E-state index in [1.807, 2.05) is 31.3 Å². The molecular formula is C10H14ClNO. The van der Waals surface area contributed by atoms with Crippen molar-refractivity contribution in [2.24, 2.45) is 0 Å². The van der Waals surface area contributed by atoms with Crippen LogP contribution >= 0.6 is 11.6 Å². The molecular weight excluding hydrogens is 186 g/mol. The van der Waals surface area contributed by atoms with Crippen LogP contribution in [0.1, 0.15) is 11.7 Å². The van der Waals surface area contributed by atoms with Gasteiger partial charge in [0.2, 0.25) is 0 Å². The van der Waals surface area contributed by atoms with Gasteiger partial charge in [-0.25, -0.2) is 0 Å². The predicted molar refractivity (Wildman–Crippen MR) is 55.1 cm³/mol. The largest absolute Gasteiger partial charge is 0.375 e. The summed E-state index contributed by atoms with van der Waals surface area (Å²) in [7, 11) is 3.60. The summed E-state index contributed by atoms with van der Waals surface area (Å²) in [5, 5.41) is 3.81. The Morgan fingerprint density at radius 3 is 2.85 bits per heavy atom. The van der Waals surface area contributed by atoms with E-state index in [-0.39, 0.29) is 6.10 Å². The van der Waals surface area contributed by atoms with Gasteiger partial charge in [0.25, 0.3) is 0 Å². The summed E-state index contributed by atoms with van der Waals surface area (Å²) in [6.45, 7) is 0.789. The zero-order valence-corrected chi connectivity index (χ0v) is 8.64. The quantitative estimate of drug-likeness (QED) is 0.803. The van der Waals surface area contributed by atoms with Gasteiger partial charge in [-0.1, -0.05) is 23.7 Å². The van der Waals surface area contributed by atoms with Gasteiger partial charge in [-0.2, -0.15) is 0 Å². The first-order valence-electron chi connectivity index (χ1n) is 4.20. The maximum atomic E-state index is 5.87.